The molecule has 0 aliphatic carbocycles. The summed E-state index contributed by atoms with van der Waals surface area (Å²) in [6.07, 6.45) is 0. The number of aromatic nitrogens is 2. The number of carbonyl (C=O) groups excluding carboxylic acids is 1. The standard InChI is InChI=1S/C20H23N5O3S2/c1-14-5-3-6-16(13-14)21-20(26)15(2)24-9-11-25(12-10-24)30(27,28)18-8-4-7-17-19(18)23-29-22-17/h3-8,13,15H,9-12H2,1-2H3,(H,21,26). The third-order valence-electron chi connectivity index (χ3n) is 5.35. The zero-order chi connectivity index (χ0) is 21.3. The van der Waals surface area contributed by atoms with Gasteiger partial charge in [-0.15, -0.1) is 0 Å². The van der Waals surface area contributed by atoms with Crippen LogP contribution in [0.4, 0.5) is 5.69 Å². The summed E-state index contributed by atoms with van der Waals surface area (Å²) in [7, 11) is -3.67. The zero-order valence-electron chi connectivity index (χ0n) is 16.8. The van der Waals surface area contributed by atoms with Crippen LogP contribution in [0, 0.1) is 6.92 Å². The van der Waals surface area contributed by atoms with Crippen LogP contribution in [0.25, 0.3) is 11.0 Å². The van der Waals surface area contributed by atoms with Crippen LogP contribution in [0.15, 0.2) is 47.4 Å². The molecule has 8 nitrogen and oxygen atoms in total. The van der Waals surface area contributed by atoms with Gasteiger partial charge in [-0.25, -0.2) is 8.42 Å². The SMILES string of the molecule is Cc1cccc(NC(=O)C(C)N2CCN(S(=O)(=O)c3cccc4nsnc34)CC2)c1. The summed E-state index contributed by atoms with van der Waals surface area (Å²) in [5.74, 6) is -0.102. The Morgan fingerprint density at radius 1 is 1.10 bits per heavy atom. The summed E-state index contributed by atoms with van der Waals surface area (Å²) in [5.41, 5.74) is 2.83. The van der Waals surface area contributed by atoms with Crippen LogP contribution >= 0.6 is 11.7 Å². The molecule has 158 valence electrons. The van der Waals surface area contributed by atoms with E-state index in [9.17, 15) is 13.2 Å². The number of anilines is 1. The van der Waals surface area contributed by atoms with Crippen LogP contribution in [0.1, 0.15) is 12.5 Å². The Bertz CT molecular complexity index is 1170. The second-order valence-electron chi connectivity index (χ2n) is 7.36. The van der Waals surface area contributed by atoms with Gasteiger partial charge in [0.05, 0.1) is 17.8 Å². The van der Waals surface area contributed by atoms with E-state index < -0.39 is 10.0 Å². The molecule has 1 amide bonds. The van der Waals surface area contributed by atoms with Gasteiger partial charge in [-0.3, -0.25) is 9.69 Å². The van der Waals surface area contributed by atoms with Gasteiger partial charge in [0.2, 0.25) is 15.9 Å². The maximum absolute atomic E-state index is 13.1. The smallest absolute Gasteiger partial charge is 0.245 e. The number of sulfonamides is 1. The summed E-state index contributed by atoms with van der Waals surface area (Å²) >= 11 is 1.00. The number of amides is 1. The van der Waals surface area contributed by atoms with Crippen LogP contribution in [0.5, 0.6) is 0 Å². The lowest BCUT2D eigenvalue weighted by atomic mass is 10.2. The van der Waals surface area contributed by atoms with Crippen LogP contribution in [0.3, 0.4) is 0 Å². The number of nitrogens with one attached hydrogen (secondary N) is 1. The third kappa shape index (κ3) is 4.08. The number of benzene rings is 2. The first-order valence-corrected chi connectivity index (χ1v) is 11.9. The van der Waals surface area contributed by atoms with Crippen molar-refractivity contribution in [2.24, 2.45) is 0 Å². The molecule has 1 atom stereocenters. The molecule has 0 saturated carbocycles. The summed E-state index contributed by atoms with van der Waals surface area (Å²) in [4.78, 5) is 14.8. The van der Waals surface area contributed by atoms with E-state index in [4.69, 9.17) is 0 Å². The lowest BCUT2D eigenvalue weighted by molar-refractivity contribution is -0.121. The minimum atomic E-state index is -3.67. The number of aryl methyl sites for hydroxylation is 1. The highest BCUT2D eigenvalue weighted by molar-refractivity contribution is 7.89. The lowest BCUT2D eigenvalue weighted by Gasteiger charge is -2.36. The highest BCUT2D eigenvalue weighted by Gasteiger charge is 2.33. The Kier molecular flexibility index (Phi) is 5.83. The maximum atomic E-state index is 13.1. The van der Waals surface area contributed by atoms with E-state index in [-0.39, 0.29) is 16.8 Å². The van der Waals surface area contributed by atoms with E-state index in [1.165, 1.54) is 4.31 Å². The second kappa shape index (κ2) is 8.38. The number of hydrogen-bond acceptors (Lipinski definition) is 7. The van der Waals surface area contributed by atoms with E-state index in [0.717, 1.165) is 23.0 Å². The molecule has 1 N–H and O–H groups in total. The van der Waals surface area contributed by atoms with Crippen molar-refractivity contribution >= 4 is 44.4 Å². The van der Waals surface area contributed by atoms with Gasteiger partial charge >= 0.3 is 0 Å². The van der Waals surface area contributed by atoms with Crippen molar-refractivity contribution < 1.29 is 13.2 Å². The van der Waals surface area contributed by atoms with E-state index in [1.54, 1.807) is 18.2 Å². The molecule has 0 radical (unpaired) electrons. The van der Waals surface area contributed by atoms with Crippen LogP contribution < -0.4 is 5.32 Å². The Morgan fingerprint density at radius 3 is 2.57 bits per heavy atom. The third-order valence-corrected chi connectivity index (χ3v) is 7.83. The number of nitrogens with zero attached hydrogens (tertiary/aromatic N) is 4. The maximum Gasteiger partial charge on any atom is 0.245 e. The number of carbonyl (C=O) groups is 1. The fourth-order valence-corrected chi connectivity index (χ4v) is 5.77. The number of rotatable bonds is 5. The molecule has 1 aliphatic rings. The van der Waals surface area contributed by atoms with Crippen molar-refractivity contribution in [1.29, 1.82) is 0 Å². The average molecular weight is 446 g/mol. The van der Waals surface area contributed by atoms with Gasteiger partial charge in [-0.05, 0) is 43.7 Å². The molecular formula is C20H23N5O3S2. The molecule has 1 aliphatic heterocycles. The van der Waals surface area contributed by atoms with Gasteiger partial charge in [-0.1, -0.05) is 18.2 Å². The zero-order valence-corrected chi connectivity index (χ0v) is 18.4. The average Bonchev–Trinajstić information content (AvgIpc) is 3.22. The predicted octanol–water partition coefficient (Wildman–Crippen LogP) is 2.33. The Labute approximate surface area is 179 Å². The van der Waals surface area contributed by atoms with Gasteiger partial charge in [0, 0.05) is 31.9 Å². The fraction of sp³-hybridized carbons (Fsp3) is 0.350. The normalized spacial score (nSPS) is 17.1. The van der Waals surface area contributed by atoms with Gasteiger partial charge < -0.3 is 5.32 Å². The van der Waals surface area contributed by atoms with Crippen LogP contribution in [-0.2, 0) is 14.8 Å². The molecule has 1 unspecified atom stereocenters. The van der Waals surface area contributed by atoms with Crippen molar-refractivity contribution in [3.05, 3.63) is 48.0 Å². The first-order valence-electron chi connectivity index (χ1n) is 9.69. The molecule has 2 heterocycles. The van der Waals surface area contributed by atoms with Crippen molar-refractivity contribution in [3.8, 4) is 0 Å². The molecule has 0 bridgehead atoms. The Balaban J connectivity index is 1.42. The molecule has 2 aromatic carbocycles. The predicted molar refractivity (Wildman–Crippen MR) is 117 cm³/mol. The molecule has 10 heteroatoms. The first kappa shape index (κ1) is 20.9. The largest absolute Gasteiger partial charge is 0.325 e. The van der Waals surface area contributed by atoms with Gasteiger partial charge in [-0.2, -0.15) is 13.1 Å². The lowest BCUT2D eigenvalue weighted by Crippen LogP contribution is -2.53. The summed E-state index contributed by atoms with van der Waals surface area (Å²) in [6.45, 7) is 5.41. The van der Waals surface area contributed by atoms with Crippen molar-refractivity contribution in [2.45, 2.75) is 24.8 Å². The molecule has 1 fully saturated rings. The summed E-state index contributed by atoms with van der Waals surface area (Å²) in [5, 5.41) is 2.94. The molecule has 4 rings (SSSR count). The monoisotopic (exact) mass is 445 g/mol. The number of hydrogen-bond donors (Lipinski definition) is 1. The quantitative estimate of drug-likeness (QED) is 0.648. The van der Waals surface area contributed by atoms with Crippen molar-refractivity contribution in [1.82, 2.24) is 18.0 Å². The van der Waals surface area contributed by atoms with Crippen molar-refractivity contribution in [3.63, 3.8) is 0 Å². The molecule has 30 heavy (non-hydrogen) atoms. The minimum absolute atomic E-state index is 0.102. The first-order chi connectivity index (χ1) is 14.4. The van der Waals surface area contributed by atoms with Gasteiger partial charge in [0.1, 0.15) is 15.9 Å². The molecule has 1 aromatic heterocycles. The topological polar surface area (TPSA) is 95.5 Å². The van der Waals surface area contributed by atoms with Gasteiger partial charge in [0.25, 0.3) is 0 Å². The van der Waals surface area contributed by atoms with E-state index >= 15 is 0 Å². The highest BCUT2D eigenvalue weighted by atomic mass is 32.2. The minimum Gasteiger partial charge on any atom is -0.325 e. The highest BCUT2D eigenvalue weighted by Crippen LogP contribution is 2.25. The number of fused-ring (bicyclic) bond motifs is 1. The summed E-state index contributed by atoms with van der Waals surface area (Å²) < 4.78 is 36.0. The Morgan fingerprint density at radius 2 is 1.83 bits per heavy atom. The van der Waals surface area contributed by atoms with Crippen LogP contribution in [-0.4, -0.2) is 64.5 Å². The summed E-state index contributed by atoms with van der Waals surface area (Å²) in [6, 6.07) is 12.3. The number of piperazine rings is 1. The van der Waals surface area contributed by atoms with E-state index in [0.29, 0.717) is 37.2 Å². The molecule has 1 saturated heterocycles. The second-order valence-corrected chi connectivity index (χ2v) is 9.80. The molecule has 0 spiro atoms. The molecular weight excluding hydrogens is 422 g/mol. The van der Waals surface area contributed by atoms with E-state index in [1.807, 2.05) is 43.0 Å². The molecule has 3 aromatic rings. The fourth-order valence-electron chi connectivity index (χ4n) is 3.60. The van der Waals surface area contributed by atoms with Crippen molar-refractivity contribution in [2.75, 3.05) is 31.5 Å². The van der Waals surface area contributed by atoms with E-state index in [2.05, 4.69) is 14.1 Å². The Hall–Kier alpha value is -2.40. The van der Waals surface area contributed by atoms with Crippen LogP contribution in [0.2, 0.25) is 0 Å². The van der Waals surface area contributed by atoms with Gasteiger partial charge in [0.15, 0.2) is 0 Å².